The average Bonchev–Trinajstić information content (AvgIpc) is 3.41. The van der Waals surface area contributed by atoms with Crippen LogP contribution in [0.1, 0.15) is 36.7 Å². The van der Waals surface area contributed by atoms with E-state index in [-0.39, 0.29) is 12.2 Å². The summed E-state index contributed by atoms with van der Waals surface area (Å²) in [5.74, 6) is 0.940. The number of morpholine rings is 1. The molecule has 0 spiro atoms. The zero-order valence-corrected chi connectivity index (χ0v) is 18.3. The summed E-state index contributed by atoms with van der Waals surface area (Å²) in [7, 11) is 0. The van der Waals surface area contributed by atoms with Gasteiger partial charge in [-0.1, -0.05) is 18.2 Å². The Morgan fingerprint density at radius 1 is 1.17 bits per heavy atom. The molecule has 2 aliphatic rings. The Morgan fingerprint density at radius 2 is 1.97 bits per heavy atom. The molecule has 2 aromatic rings. The van der Waals surface area contributed by atoms with E-state index in [2.05, 4.69) is 43.1 Å². The molecule has 1 aromatic carbocycles. The van der Waals surface area contributed by atoms with Crippen LogP contribution in [0, 0.1) is 13.8 Å². The Kier molecular flexibility index (Phi) is 6.69. The number of rotatable bonds is 5. The molecule has 2 fully saturated rings. The lowest BCUT2D eigenvalue weighted by atomic mass is 10.1. The first kappa shape index (κ1) is 20.9. The summed E-state index contributed by atoms with van der Waals surface area (Å²) in [6.07, 6.45) is 2.55. The van der Waals surface area contributed by atoms with Gasteiger partial charge in [-0.15, -0.1) is 0 Å². The van der Waals surface area contributed by atoms with Crippen molar-refractivity contribution < 1.29 is 9.47 Å². The molecule has 2 aliphatic heterocycles. The molecule has 162 valence electrons. The Balaban J connectivity index is 1.51. The van der Waals surface area contributed by atoms with E-state index >= 15 is 0 Å². The summed E-state index contributed by atoms with van der Waals surface area (Å²) in [5.41, 5.74) is 4.42. The van der Waals surface area contributed by atoms with Crippen LogP contribution in [0.25, 0.3) is 5.69 Å². The summed E-state index contributed by atoms with van der Waals surface area (Å²) in [4.78, 5) is 7.29. The quantitative estimate of drug-likeness (QED) is 0.606. The molecule has 7 nitrogen and oxygen atoms in total. The Morgan fingerprint density at radius 3 is 2.70 bits per heavy atom. The maximum absolute atomic E-state index is 6.01. The molecule has 0 bridgehead atoms. The van der Waals surface area contributed by atoms with Gasteiger partial charge in [0, 0.05) is 37.5 Å². The van der Waals surface area contributed by atoms with Crippen LogP contribution in [0.2, 0.25) is 0 Å². The monoisotopic (exact) mass is 411 g/mol. The highest BCUT2D eigenvalue weighted by molar-refractivity contribution is 5.80. The predicted molar refractivity (Wildman–Crippen MR) is 118 cm³/mol. The molecular weight excluding hydrogens is 378 g/mol. The van der Waals surface area contributed by atoms with Gasteiger partial charge in [0.2, 0.25) is 0 Å². The van der Waals surface area contributed by atoms with Gasteiger partial charge in [0.15, 0.2) is 5.96 Å². The molecule has 2 atom stereocenters. The van der Waals surface area contributed by atoms with Gasteiger partial charge in [-0.2, -0.15) is 5.10 Å². The van der Waals surface area contributed by atoms with Crippen LogP contribution in [-0.2, 0) is 16.0 Å². The highest BCUT2D eigenvalue weighted by atomic mass is 16.5. The number of para-hydroxylation sites is 1. The van der Waals surface area contributed by atoms with E-state index in [4.69, 9.17) is 19.6 Å². The third-order valence-corrected chi connectivity index (χ3v) is 5.94. The minimum atomic E-state index is 0.120. The van der Waals surface area contributed by atoms with Crippen molar-refractivity contribution in [2.75, 3.05) is 32.8 Å². The summed E-state index contributed by atoms with van der Waals surface area (Å²) >= 11 is 0. The largest absolute Gasteiger partial charge is 0.375 e. The van der Waals surface area contributed by atoms with Gasteiger partial charge in [-0.3, -0.25) is 0 Å². The molecule has 0 radical (unpaired) electrons. The highest BCUT2D eigenvalue weighted by Crippen LogP contribution is 2.22. The predicted octanol–water partition coefficient (Wildman–Crippen LogP) is 2.83. The van der Waals surface area contributed by atoms with E-state index < -0.39 is 0 Å². The fourth-order valence-corrected chi connectivity index (χ4v) is 4.29. The SMILES string of the molecule is CCNC(=NCc1c(C)nn(-c2ccccc2)c1C)N1CCOC(C2CCCO2)C1. The molecule has 2 unspecified atom stereocenters. The number of aromatic nitrogens is 2. The van der Waals surface area contributed by atoms with E-state index in [1.165, 1.54) is 5.56 Å². The van der Waals surface area contributed by atoms with Crippen molar-refractivity contribution in [1.82, 2.24) is 20.0 Å². The van der Waals surface area contributed by atoms with Crippen LogP contribution in [0.3, 0.4) is 0 Å². The van der Waals surface area contributed by atoms with E-state index in [0.29, 0.717) is 13.2 Å². The van der Waals surface area contributed by atoms with Gasteiger partial charge in [0.25, 0.3) is 0 Å². The lowest BCUT2D eigenvalue weighted by Gasteiger charge is -2.37. The molecule has 4 rings (SSSR count). The number of hydrogen-bond acceptors (Lipinski definition) is 4. The van der Waals surface area contributed by atoms with Crippen molar-refractivity contribution in [2.45, 2.75) is 52.4 Å². The number of ether oxygens (including phenoxy) is 2. The molecule has 3 heterocycles. The van der Waals surface area contributed by atoms with Crippen LogP contribution in [0.4, 0.5) is 0 Å². The summed E-state index contributed by atoms with van der Waals surface area (Å²) in [6, 6.07) is 10.3. The fourth-order valence-electron chi connectivity index (χ4n) is 4.29. The van der Waals surface area contributed by atoms with Crippen molar-refractivity contribution in [1.29, 1.82) is 0 Å². The molecule has 7 heteroatoms. The van der Waals surface area contributed by atoms with E-state index in [9.17, 15) is 0 Å². The number of nitrogens with zero attached hydrogens (tertiary/aromatic N) is 4. The van der Waals surface area contributed by atoms with E-state index in [1.54, 1.807) is 0 Å². The molecule has 0 aliphatic carbocycles. The third-order valence-electron chi connectivity index (χ3n) is 5.94. The van der Waals surface area contributed by atoms with Crippen LogP contribution < -0.4 is 5.32 Å². The summed E-state index contributed by atoms with van der Waals surface area (Å²) in [6.45, 7) is 10.9. The van der Waals surface area contributed by atoms with Gasteiger partial charge < -0.3 is 19.7 Å². The first-order valence-electron chi connectivity index (χ1n) is 11.0. The molecule has 2 saturated heterocycles. The van der Waals surface area contributed by atoms with Crippen molar-refractivity contribution in [3.05, 3.63) is 47.3 Å². The fraction of sp³-hybridized carbons (Fsp3) is 0.565. The van der Waals surface area contributed by atoms with Gasteiger partial charge >= 0.3 is 0 Å². The van der Waals surface area contributed by atoms with Gasteiger partial charge in [0.05, 0.1) is 30.6 Å². The standard InChI is InChI=1S/C23H33N5O2/c1-4-24-23(27-12-14-30-22(16-27)21-11-8-13-29-21)25-15-20-17(2)26-28(18(20)3)19-9-6-5-7-10-19/h5-7,9-10,21-22H,4,8,11-16H2,1-3H3,(H,24,25). The maximum atomic E-state index is 6.01. The average molecular weight is 412 g/mol. The van der Waals surface area contributed by atoms with Crippen LogP contribution in [0.5, 0.6) is 0 Å². The summed E-state index contributed by atoms with van der Waals surface area (Å²) < 4.78 is 13.9. The Bertz CT molecular complexity index is 858. The van der Waals surface area contributed by atoms with Gasteiger partial charge in [-0.05, 0) is 45.7 Å². The highest BCUT2D eigenvalue weighted by Gasteiger charge is 2.32. The lowest BCUT2D eigenvalue weighted by molar-refractivity contribution is -0.0817. The van der Waals surface area contributed by atoms with E-state index in [1.807, 2.05) is 22.9 Å². The zero-order valence-electron chi connectivity index (χ0n) is 18.3. The minimum Gasteiger partial charge on any atom is -0.375 e. The smallest absolute Gasteiger partial charge is 0.194 e. The number of aliphatic imine (C=N–C) groups is 1. The number of hydrogen-bond donors (Lipinski definition) is 1. The maximum Gasteiger partial charge on any atom is 0.194 e. The van der Waals surface area contributed by atoms with Crippen molar-refractivity contribution in [2.24, 2.45) is 4.99 Å². The molecule has 1 N–H and O–H groups in total. The van der Waals surface area contributed by atoms with Crippen LogP contribution in [0.15, 0.2) is 35.3 Å². The zero-order chi connectivity index (χ0) is 20.9. The first-order valence-corrected chi connectivity index (χ1v) is 11.0. The lowest BCUT2D eigenvalue weighted by Crippen LogP contribution is -2.53. The molecule has 30 heavy (non-hydrogen) atoms. The molecule has 0 saturated carbocycles. The second-order valence-electron chi connectivity index (χ2n) is 7.97. The normalized spacial score (nSPS) is 22.5. The Hall–Kier alpha value is -2.38. The first-order chi connectivity index (χ1) is 14.7. The van der Waals surface area contributed by atoms with Crippen molar-refractivity contribution >= 4 is 5.96 Å². The van der Waals surface area contributed by atoms with E-state index in [0.717, 1.165) is 62.1 Å². The number of benzene rings is 1. The van der Waals surface area contributed by atoms with Gasteiger partial charge in [-0.25, -0.2) is 9.67 Å². The molecule has 0 amide bonds. The van der Waals surface area contributed by atoms with Crippen LogP contribution >= 0.6 is 0 Å². The molecule has 1 aromatic heterocycles. The minimum absolute atomic E-state index is 0.120. The van der Waals surface area contributed by atoms with Gasteiger partial charge in [0.1, 0.15) is 6.10 Å². The second-order valence-corrected chi connectivity index (χ2v) is 7.97. The van der Waals surface area contributed by atoms with Crippen LogP contribution in [-0.4, -0.2) is 65.7 Å². The van der Waals surface area contributed by atoms with Crippen molar-refractivity contribution in [3.63, 3.8) is 0 Å². The number of guanidine groups is 1. The summed E-state index contributed by atoms with van der Waals surface area (Å²) in [5, 5.41) is 8.22. The topological polar surface area (TPSA) is 63.9 Å². The second kappa shape index (κ2) is 9.62. The number of aryl methyl sites for hydroxylation is 1. The van der Waals surface area contributed by atoms with Crippen molar-refractivity contribution in [3.8, 4) is 5.69 Å². The number of nitrogens with one attached hydrogen (secondary N) is 1. The third kappa shape index (κ3) is 4.52. The Labute approximate surface area is 179 Å². The molecular formula is C23H33N5O2.